The van der Waals surface area contributed by atoms with E-state index in [1.165, 1.54) is 32.1 Å². The Morgan fingerprint density at radius 3 is 2.38 bits per heavy atom. The summed E-state index contributed by atoms with van der Waals surface area (Å²) in [5.74, 6) is 1.36. The Bertz CT molecular complexity index is 624. The van der Waals surface area contributed by atoms with Crippen molar-refractivity contribution < 1.29 is 4.92 Å². The molecule has 0 unspecified atom stereocenters. The summed E-state index contributed by atoms with van der Waals surface area (Å²) in [6.07, 6.45) is 10.7. The van der Waals surface area contributed by atoms with Gasteiger partial charge in [0.2, 0.25) is 11.8 Å². The highest BCUT2D eigenvalue weighted by Crippen LogP contribution is 2.32. The standard InChI is InChI=1S/C18H30N6O2/c19-14-8-6-12(7-9-14)10-15-16(24(25)26)17(20)23-18(22-15)21-11-13-4-2-1-3-5-13/h12-14H,1-11,19H2,(H3,20,21,22,23). The molecule has 0 aliphatic heterocycles. The van der Waals surface area contributed by atoms with Crippen LogP contribution in [0.25, 0.3) is 0 Å². The molecule has 0 spiro atoms. The average Bonchev–Trinajstić information content (AvgIpc) is 2.62. The molecule has 1 aromatic heterocycles. The zero-order valence-electron chi connectivity index (χ0n) is 15.3. The molecule has 0 aromatic carbocycles. The molecule has 2 aliphatic rings. The summed E-state index contributed by atoms with van der Waals surface area (Å²) in [5, 5.41) is 14.7. The van der Waals surface area contributed by atoms with Crippen molar-refractivity contribution in [2.24, 2.45) is 17.6 Å². The first-order valence-corrected chi connectivity index (χ1v) is 9.83. The van der Waals surface area contributed by atoms with Gasteiger partial charge in [-0.2, -0.15) is 4.98 Å². The Balaban J connectivity index is 1.72. The van der Waals surface area contributed by atoms with E-state index in [1.807, 2.05) is 0 Å². The lowest BCUT2D eigenvalue weighted by atomic mass is 9.83. The topological polar surface area (TPSA) is 133 Å². The van der Waals surface area contributed by atoms with Crippen molar-refractivity contribution in [3.05, 3.63) is 15.8 Å². The van der Waals surface area contributed by atoms with E-state index in [4.69, 9.17) is 11.5 Å². The first kappa shape index (κ1) is 18.8. The molecule has 0 saturated heterocycles. The zero-order valence-corrected chi connectivity index (χ0v) is 15.3. The minimum atomic E-state index is -0.454. The molecule has 1 heterocycles. The highest BCUT2D eigenvalue weighted by atomic mass is 16.6. The first-order chi connectivity index (χ1) is 12.5. The highest BCUT2D eigenvalue weighted by molar-refractivity contribution is 5.58. The van der Waals surface area contributed by atoms with Crippen molar-refractivity contribution >= 4 is 17.5 Å². The monoisotopic (exact) mass is 362 g/mol. The van der Waals surface area contributed by atoms with E-state index in [1.54, 1.807) is 0 Å². The predicted octanol–water partition coefficient (Wildman–Crippen LogP) is 3.02. The van der Waals surface area contributed by atoms with Crippen LogP contribution in [0, 0.1) is 22.0 Å². The third kappa shape index (κ3) is 4.81. The molecule has 8 heteroatoms. The Labute approximate surface area is 154 Å². The number of anilines is 2. The van der Waals surface area contributed by atoms with Crippen molar-refractivity contribution in [2.45, 2.75) is 70.3 Å². The normalized spacial score (nSPS) is 24.3. The van der Waals surface area contributed by atoms with Gasteiger partial charge in [0.15, 0.2) is 0 Å². The Morgan fingerprint density at radius 2 is 1.73 bits per heavy atom. The van der Waals surface area contributed by atoms with Crippen molar-refractivity contribution in [3.63, 3.8) is 0 Å². The molecular weight excluding hydrogens is 332 g/mol. The van der Waals surface area contributed by atoms with Crippen molar-refractivity contribution in [1.82, 2.24) is 9.97 Å². The van der Waals surface area contributed by atoms with E-state index in [0.717, 1.165) is 32.2 Å². The van der Waals surface area contributed by atoms with Crippen LogP contribution in [0.1, 0.15) is 63.5 Å². The highest BCUT2D eigenvalue weighted by Gasteiger charge is 2.27. The first-order valence-electron chi connectivity index (χ1n) is 9.83. The molecule has 26 heavy (non-hydrogen) atoms. The predicted molar refractivity (Wildman–Crippen MR) is 102 cm³/mol. The number of nitrogens with two attached hydrogens (primary N) is 2. The fourth-order valence-corrected chi connectivity index (χ4v) is 4.23. The smallest absolute Gasteiger partial charge is 0.332 e. The van der Waals surface area contributed by atoms with Crippen molar-refractivity contribution in [1.29, 1.82) is 0 Å². The number of nitrogens with zero attached hydrogens (tertiary/aromatic N) is 3. The second-order valence-electron chi connectivity index (χ2n) is 7.85. The summed E-state index contributed by atoms with van der Waals surface area (Å²) in [4.78, 5) is 19.6. The number of hydrogen-bond donors (Lipinski definition) is 3. The molecule has 3 rings (SSSR count). The molecule has 2 fully saturated rings. The lowest BCUT2D eigenvalue weighted by Crippen LogP contribution is -2.27. The average molecular weight is 362 g/mol. The number of rotatable bonds is 6. The molecule has 5 N–H and O–H groups in total. The minimum absolute atomic E-state index is 0.0429. The summed E-state index contributed by atoms with van der Waals surface area (Å²) in [5.41, 5.74) is 12.2. The van der Waals surface area contributed by atoms with Gasteiger partial charge in [-0.05, 0) is 56.8 Å². The minimum Gasteiger partial charge on any atom is -0.378 e. The second-order valence-corrected chi connectivity index (χ2v) is 7.85. The van der Waals surface area contributed by atoms with E-state index in [9.17, 15) is 10.1 Å². The Morgan fingerprint density at radius 1 is 1.04 bits per heavy atom. The molecule has 0 radical (unpaired) electrons. The molecule has 0 atom stereocenters. The number of nitrogens with one attached hydrogen (secondary N) is 1. The van der Waals surface area contributed by atoms with Crippen LogP contribution in [0.4, 0.5) is 17.5 Å². The number of hydrogen-bond acceptors (Lipinski definition) is 7. The largest absolute Gasteiger partial charge is 0.378 e. The quantitative estimate of drug-likeness (QED) is 0.523. The zero-order chi connectivity index (χ0) is 18.5. The fourth-order valence-electron chi connectivity index (χ4n) is 4.23. The van der Waals surface area contributed by atoms with Crippen molar-refractivity contribution in [3.8, 4) is 0 Å². The fraction of sp³-hybridized carbons (Fsp3) is 0.778. The maximum atomic E-state index is 11.5. The van der Waals surface area contributed by atoms with Crippen LogP contribution in [0.3, 0.4) is 0 Å². The van der Waals surface area contributed by atoms with Gasteiger partial charge in [-0.15, -0.1) is 0 Å². The van der Waals surface area contributed by atoms with Crippen molar-refractivity contribution in [2.75, 3.05) is 17.6 Å². The van der Waals surface area contributed by atoms with Crippen LogP contribution in [-0.4, -0.2) is 27.5 Å². The molecule has 8 nitrogen and oxygen atoms in total. The Kier molecular flexibility index (Phi) is 6.24. The van der Waals surface area contributed by atoms with Crippen LogP contribution in [0.2, 0.25) is 0 Å². The summed E-state index contributed by atoms with van der Waals surface area (Å²) in [6.45, 7) is 0.801. The molecule has 144 valence electrons. The summed E-state index contributed by atoms with van der Waals surface area (Å²) in [7, 11) is 0. The number of aromatic nitrogens is 2. The lowest BCUT2D eigenvalue weighted by molar-refractivity contribution is -0.385. The third-order valence-electron chi connectivity index (χ3n) is 5.81. The molecule has 0 bridgehead atoms. The van der Waals surface area contributed by atoms with E-state index >= 15 is 0 Å². The van der Waals surface area contributed by atoms with Gasteiger partial charge in [-0.25, -0.2) is 4.98 Å². The SMILES string of the molecule is Nc1nc(NCC2CCCCC2)nc(CC2CCC(N)CC2)c1[N+](=O)[O-]. The van der Waals surface area contributed by atoms with Gasteiger partial charge in [0.1, 0.15) is 5.69 Å². The third-order valence-corrected chi connectivity index (χ3v) is 5.81. The summed E-state index contributed by atoms with van der Waals surface area (Å²) in [6, 6.07) is 0.254. The van der Waals surface area contributed by atoms with Gasteiger partial charge in [-0.3, -0.25) is 10.1 Å². The molecular formula is C18H30N6O2. The van der Waals surface area contributed by atoms with Gasteiger partial charge >= 0.3 is 5.69 Å². The maximum Gasteiger partial charge on any atom is 0.332 e. The lowest BCUT2D eigenvalue weighted by Gasteiger charge is -2.26. The van der Waals surface area contributed by atoms with E-state index in [0.29, 0.717) is 29.9 Å². The van der Waals surface area contributed by atoms with Gasteiger partial charge < -0.3 is 16.8 Å². The van der Waals surface area contributed by atoms with Crippen LogP contribution >= 0.6 is 0 Å². The molecule has 1 aromatic rings. The number of nitro groups is 1. The summed E-state index contributed by atoms with van der Waals surface area (Å²) >= 11 is 0. The van der Waals surface area contributed by atoms with Gasteiger partial charge in [0, 0.05) is 12.6 Å². The molecule has 2 saturated carbocycles. The Hall–Kier alpha value is -1.96. The number of nitrogen functional groups attached to an aromatic ring is 1. The maximum absolute atomic E-state index is 11.5. The summed E-state index contributed by atoms with van der Waals surface area (Å²) < 4.78 is 0. The van der Waals surface area contributed by atoms with Crippen LogP contribution in [0.15, 0.2) is 0 Å². The molecule has 2 aliphatic carbocycles. The van der Waals surface area contributed by atoms with E-state index < -0.39 is 4.92 Å². The van der Waals surface area contributed by atoms with E-state index in [2.05, 4.69) is 15.3 Å². The van der Waals surface area contributed by atoms with Crippen LogP contribution in [0.5, 0.6) is 0 Å². The molecule has 0 amide bonds. The van der Waals surface area contributed by atoms with Crippen LogP contribution in [-0.2, 0) is 6.42 Å². The van der Waals surface area contributed by atoms with Gasteiger partial charge in [0.25, 0.3) is 0 Å². The second kappa shape index (κ2) is 8.62. The van der Waals surface area contributed by atoms with Crippen LogP contribution < -0.4 is 16.8 Å². The van der Waals surface area contributed by atoms with E-state index in [-0.39, 0.29) is 17.5 Å². The van der Waals surface area contributed by atoms with Gasteiger partial charge in [0.05, 0.1) is 4.92 Å². The van der Waals surface area contributed by atoms with Gasteiger partial charge in [-0.1, -0.05) is 19.3 Å².